The molecule has 13 heteroatoms. The number of benzene rings is 1. The Balaban J connectivity index is 1.19. The van der Waals surface area contributed by atoms with E-state index in [0.717, 1.165) is 12.0 Å². The second kappa shape index (κ2) is 9.45. The van der Waals surface area contributed by atoms with Crippen molar-refractivity contribution in [1.29, 1.82) is 0 Å². The Labute approximate surface area is 193 Å². The SMILES string of the molecule is CCc1cnc(N2CC[C@H](n3ncc(COc4ccc(-n5cnnn5)cc4F)n3)[C@@H](F)C2)nc1. The zero-order chi connectivity index (χ0) is 23.5. The van der Waals surface area contributed by atoms with Crippen LogP contribution in [0, 0.1) is 5.82 Å². The Bertz CT molecular complexity index is 1230. The van der Waals surface area contributed by atoms with Crippen LogP contribution in [0.15, 0.2) is 43.1 Å². The van der Waals surface area contributed by atoms with E-state index in [4.69, 9.17) is 4.74 Å². The van der Waals surface area contributed by atoms with Crippen LogP contribution in [0.4, 0.5) is 14.7 Å². The van der Waals surface area contributed by atoms with Gasteiger partial charge in [0.15, 0.2) is 11.6 Å². The molecular formula is C21H22F2N10O. The van der Waals surface area contributed by atoms with Gasteiger partial charge in [-0.1, -0.05) is 6.92 Å². The molecule has 34 heavy (non-hydrogen) atoms. The lowest BCUT2D eigenvalue weighted by Gasteiger charge is -2.34. The van der Waals surface area contributed by atoms with Crippen molar-refractivity contribution in [2.24, 2.45) is 0 Å². The van der Waals surface area contributed by atoms with E-state index in [1.807, 2.05) is 11.8 Å². The molecule has 0 radical (unpaired) electrons. The fourth-order valence-electron chi connectivity index (χ4n) is 3.74. The normalized spacial score (nSPS) is 18.3. The molecule has 176 valence electrons. The lowest BCUT2D eigenvalue weighted by molar-refractivity contribution is 0.172. The van der Waals surface area contributed by atoms with Gasteiger partial charge in [0.05, 0.1) is 18.4 Å². The monoisotopic (exact) mass is 468 g/mol. The summed E-state index contributed by atoms with van der Waals surface area (Å²) in [6.07, 6.45) is 6.56. The zero-order valence-corrected chi connectivity index (χ0v) is 18.4. The number of aryl methyl sites for hydroxylation is 1. The van der Waals surface area contributed by atoms with Gasteiger partial charge in [-0.25, -0.2) is 23.4 Å². The van der Waals surface area contributed by atoms with Crippen LogP contribution in [0.5, 0.6) is 5.75 Å². The van der Waals surface area contributed by atoms with Crippen molar-refractivity contribution in [2.75, 3.05) is 18.0 Å². The molecule has 0 amide bonds. The Morgan fingerprint density at radius 2 is 2.03 bits per heavy atom. The summed E-state index contributed by atoms with van der Waals surface area (Å²) >= 11 is 0. The minimum Gasteiger partial charge on any atom is -0.484 e. The second-order valence-electron chi connectivity index (χ2n) is 7.88. The van der Waals surface area contributed by atoms with Crippen LogP contribution >= 0.6 is 0 Å². The lowest BCUT2D eigenvalue weighted by Crippen LogP contribution is -2.44. The summed E-state index contributed by atoms with van der Waals surface area (Å²) in [6.45, 7) is 2.77. The van der Waals surface area contributed by atoms with E-state index in [2.05, 4.69) is 35.7 Å². The van der Waals surface area contributed by atoms with Crippen LogP contribution in [0.1, 0.15) is 30.6 Å². The molecule has 11 nitrogen and oxygen atoms in total. The molecule has 0 N–H and O–H groups in total. The molecule has 0 unspecified atom stereocenters. The molecular weight excluding hydrogens is 446 g/mol. The molecule has 1 aliphatic heterocycles. The first-order valence-corrected chi connectivity index (χ1v) is 10.9. The van der Waals surface area contributed by atoms with E-state index in [-0.39, 0.29) is 18.9 Å². The first-order chi connectivity index (χ1) is 16.6. The number of hydrogen-bond acceptors (Lipinski definition) is 9. The first kappa shape index (κ1) is 21.8. The lowest BCUT2D eigenvalue weighted by atomic mass is 10.0. The van der Waals surface area contributed by atoms with Crippen molar-refractivity contribution in [2.45, 2.75) is 38.6 Å². The second-order valence-corrected chi connectivity index (χ2v) is 7.88. The number of tetrazole rings is 1. The van der Waals surface area contributed by atoms with Crippen LogP contribution in [0.25, 0.3) is 5.69 Å². The number of halogens is 2. The molecule has 0 aliphatic carbocycles. The third-order valence-electron chi connectivity index (χ3n) is 5.65. The van der Waals surface area contributed by atoms with Gasteiger partial charge in [-0.3, -0.25) is 0 Å². The van der Waals surface area contributed by atoms with E-state index in [0.29, 0.717) is 30.3 Å². The largest absolute Gasteiger partial charge is 0.484 e. The average Bonchev–Trinajstić information content (AvgIpc) is 3.56. The Morgan fingerprint density at radius 1 is 1.18 bits per heavy atom. The maximum atomic E-state index is 15.0. The summed E-state index contributed by atoms with van der Waals surface area (Å²) in [4.78, 5) is 11.9. The topological polar surface area (TPSA) is 113 Å². The van der Waals surface area contributed by atoms with Gasteiger partial charge in [0.1, 0.15) is 30.8 Å². The predicted molar refractivity (Wildman–Crippen MR) is 116 cm³/mol. The number of aromatic nitrogens is 9. The number of alkyl halides is 1. The van der Waals surface area contributed by atoms with Crippen LogP contribution < -0.4 is 9.64 Å². The average molecular weight is 468 g/mol. The van der Waals surface area contributed by atoms with Gasteiger partial charge in [0.25, 0.3) is 0 Å². The molecule has 5 rings (SSSR count). The fourth-order valence-corrected chi connectivity index (χ4v) is 3.74. The third kappa shape index (κ3) is 4.54. The minimum atomic E-state index is -1.19. The predicted octanol–water partition coefficient (Wildman–Crippen LogP) is 2.11. The highest BCUT2D eigenvalue weighted by Crippen LogP contribution is 2.27. The van der Waals surface area contributed by atoms with Crippen LogP contribution in [-0.4, -0.2) is 64.4 Å². The number of rotatable bonds is 7. The molecule has 0 spiro atoms. The molecule has 4 aromatic rings. The van der Waals surface area contributed by atoms with E-state index in [1.54, 1.807) is 18.5 Å². The van der Waals surface area contributed by atoms with Gasteiger partial charge in [0, 0.05) is 25.0 Å². The Hall–Kier alpha value is -4.03. The minimum absolute atomic E-state index is 0.00539. The summed E-state index contributed by atoms with van der Waals surface area (Å²) in [5.74, 6) is 0.0110. The highest BCUT2D eigenvalue weighted by atomic mass is 19.1. The summed E-state index contributed by atoms with van der Waals surface area (Å²) in [5, 5.41) is 19.3. The molecule has 1 saturated heterocycles. The summed E-state index contributed by atoms with van der Waals surface area (Å²) in [7, 11) is 0. The van der Waals surface area contributed by atoms with Crippen LogP contribution in [0.3, 0.4) is 0 Å². The molecule has 0 bridgehead atoms. The van der Waals surface area contributed by atoms with E-state index >= 15 is 0 Å². The standard InChI is InChI=1S/C21H22F2N10O/c1-2-14-8-24-21(25-9-14)31-6-5-19(18(23)11-31)33-27-10-15(28-33)12-34-20-4-3-16(7-17(20)22)32-13-26-29-30-32/h3-4,7-10,13,18-19H,2,5-6,11-12H2,1H3/t18-,19-/m0/s1. The highest BCUT2D eigenvalue weighted by Gasteiger charge is 2.33. The smallest absolute Gasteiger partial charge is 0.225 e. The van der Waals surface area contributed by atoms with Gasteiger partial charge in [-0.05, 0) is 41.0 Å². The fraction of sp³-hybridized carbons (Fsp3) is 0.381. The maximum absolute atomic E-state index is 15.0. The van der Waals surface area contributed by atoms with Crippen LogP contribution in [-0.2, 0) is 13.0 Å². The maximum Gasteiger partial charge on any atom is 0.225 e. The van der Waals surface area contributed by atoms with E-state index < -0.39 is 18.0 Å². The Kier molecular flexibility index (Phi) is 6.06. The van der Waals surface area contributed by atoms with Gasteiger partial charge in [-0.15, -0.1) is 5.10 Å². The van der Waals surface area contributed by atoms with Crippen molar-refractivity contribution in [3.8, 4) is 11.4 Å². The third-order valence-corrected chi connectivity index (χ3v) is 5.65. The van der Waals surface area contributed by atoms with Crippen molar-refractivity contribution < 1.29 is 13.5 Å². The highest BCUT2D eigenvalue weighted by molar-refractivity contribution is 5.37. The molecule has 1 aliphatic rings. The zero-order valence-electron chi connectivity index (χ0n) is 18.4. The van der Waals surface area contributed by atoms with Gasteiger partial charge in [-0.2, -0.15) is 15.0 Å². The molecule has 3 aromatic heterocycles. The number of piperidine rings is 1. The molecule has 0 saturated carbocycles. The summed E-state index contributed by atoms with van der Waals surface area (Å²) in [6, 6.07) is 3.88. The van der Waals surface area contributed by atoms with E-state index in [9.17, 15) is 8.78 Å². The van der Waals surface area contributed by atoms with Crippen molar-refractivity contribution in [1.82, 2.24) is 45.2 Å². The molecule has 2 atom stereocenters. The summed E-state index contributed by atoms with van der Waals surface area (Å²) in [5.41, 5.74) is 1.97. The van der Waals surface area contributed by atoms with Crippen molar-refractivity contribution >= 4 is 5.95 Å². The number of nitrogens with zero attached hydrogens (tertiary/aromatic N) is 10. The van der Waals surface area contributed by atoms with E-state index in [1.165, 1.54) is 34.1 Å². The van der Waals surface area contributed by atoms with Crippen molar-refractivity contribution in [3.63, 3.8) is 0 Å². The first-order valence-electron chi connectivity index (χ1n) is 10.9. The summed E-state index contributed by atoms with van der Waals surface area (Å²) < 4.78 is 36.3. The van der Waals surface area contributed by atoms with Gasteiger partial charge < -0.3 is 9.64 Å². The molecule has 1 aromatic carbocycles. The number of hydrogen-bond donors (Lipinski definition) is 0. The number of anilines is 1. The molecule has 4 heterocycles. The quantitative estimate of drug-likeness (QED) is 0.402. The number of ether oxygens (including phenoxy) is 1. The van der Waals surface area contributed by atoms with Gasteiger partial charge >= 0.3 is 0 Å². The van der Waals surface area contributed by atoms with Gasteiger partial charge in [0.2, 0.25) is 5.95 Å². The molecule has 1 fully saturated rings. The van der Waals surface area contributed by atoms with Crippen LogP contribution in [0.2, 0.25) is 0 Å². The Morgan fingerprint density at radius 3 is 2.74 bits per heavy atom. The van der Waals surface area contributed by atoms with Crippen molar-refractivity contribution in [3.05, 3.63) is 60.2 Å².